The standard InChI is InChI=1S/C25H19F3O3/c1-2-17-12-21-20(18-8-4-3-5-9-18)13-24(29)31-23(21)14-22(17)30-15-16-7-6-10-19(11-16)25(26,27)28/h3-14H,2,15H2,1H3. The number of halogens is 3. The summed E-state index contributed by atoms with van der Waals surface area (Å²) in [6.45, 7) is 1.92. The van der Waals surface area contributed by atoms with Gasteiger partial charge >= 0.3 is 11.8 Å². The zero-order chi connectivity index (χ0) is 22.0. The summed E-state index contributed by atoms with van der Waals surface area (Å²) in [6.07, 6.45) is -3.77. The molecule has 0 aliphatic rings. The van der Waals surface area contributed by atoms with E-state index in [-0.39, 0.29) is 6.61 Å². The summed E-state index contributed by atoms with van der Waals surface area (Å²) in [5.74, 6) is 0.473. The van der Waals surface area contributed by atoms with Gasteiger partial charge in [-0.1, -0.05) is 49.4 Å². The van der Waals surface area contributed by atoms with Gasteiger partial charge in [-0.15, -0.1) is 0 Å². The van der Waals surface area contributed by atoms with Gasteiger partial charge in [-0.2, -0.15) is 13.2 Å². The van der Waals surface area contributed by atoms with Gasteiger partial charge in [0.15, 0.2) is 0 Å². The first-order valence-corrected chi connectivity index (χ1v) is 9.80. The van der Waals surface area contributed by atoms with Crippen molar-refractivity contribution >= 4 is 11.0 Å². The fraction of sp³-hybridized carbons (Fsp3) is 0.160. The highest BCUT2D eigenvalue weighted by Crippen LogP contribution is 2.33. The van der Waals surface area contributed by atoms with Crippen molar-refractivity contribution in [3.63, 3.8) is 0 Å². The maximum atomic E-state index is 13.0. The van der Waals surface area contributed by atoms with Gasteiger partial charge in [-0.05, 0) is 46.9 Å². The van der Waals surface area contributed by atoms with Crippen LogP contribution in [0.15, 0.2) is 82.0 Å². The second-order valence-electron chi connectivity index (χ2n) is 7.14. The molecule has 4 rings (SSSR count). The normalized spacial score (nSPS) is 11.6. The summed E-state index contributed by atoms with van der Waals surface area (Å²) in [5, 5.41) is 0.772. The van der Waals surface area contributed by atoms with Crippen LogP contribution in [0.2, 0.25) is 0 Å². The first-order chi connectivity index (χ1) is 14.8. The highest BCUT2D eigenvalue weighted by Gasteiger charge is 2.30. The van der Waals surface area contributed by atoms with Crippen molar-refractivity contribution in [3.05, 3.63) is 99.9 Å². The fourth-order valence-corrected chi connectivity index (χ4v) is 3.50. The SMILES string of the molecule is CCc1cc2c(-c3ccccc3)cc(=O)oc2cc1OCc1cccc(C(F)(F)F)c1. The first kappa shape index (κ1) is 20.7. The van der Waals surface area contributed by atoms with Crippen LogP contribution in [0.4, 0.5) is 13.2 Å². The molecule has 4 aromatic rings. The third-order valence-electron chi connectivity index (χ3n) is 5.04. The van der Waals surface area contributed by atoms with Gasteiger partial charge < -0.3 is 9.15 Å². The lowest BCUT2D eigenvalue weighted by atomic mass is 9.99. The molecule has 0 saturated carbocycles. The first-order valence-electron chi connectivity index (χ1n) is 9.80. The number of fused-ring (bicyclic) bond motifs is 1. The number of alkyl halides is 3. The number of hydrogen-bond acceptors (Lipinski definition) is 3. The summed E-state index contributed by atoms with van der Waals surface area (Å²) >= 11 is 0. The Morgan fingerprint density at radius 1 is 0.935 bits per heavy atom. The minimum absolute atomic E-state index is 0.0367. The molecule has 0 aliphatic carbocycles. The number of benzene rings is 3. The molecule has 3 aromatic carbocycles. The topological polar surface area (TPSA) is 39.4 Å². The van der Waals surface area contributed by atoms with E-state index in [1.807, 2.05) is 43.3 Å². The van der Waals surface area contributed by atoms with E-state index in [0.29, 0.717) is 23.3 Å². The summed E-state index contributed by atoms with van der Waals surface area (Å²) in [4.78, 5) is 12.1. The van der Waals surface area contributed by atoms with Gasteiger partial charge in [0.1, 0.15) is 17.9 Å². The largest absolute Gasteiger partial charge is 0.488 e. The predicted octanol–water partition coefficient (Wildman–Crippen LogP) is 6.62. The van der Waals surface area contributed by atoms with Gasteiger partial charge in [0.2, 0.25) is 0 Å². The minimum Gasteiger partial charge on any atom is -0.488 e. The predicted molar refractivity (Wildman–Crippen MR) is 113 cm³/mol. The molecule has 0 aliphatic heterocycles. The lowest BCUT2D eigenvalue weighted by Crippen LogP contribution is -2.06. The Balaban J connectivity index is 1.72. The smallest absolute Gasteiger partial charge is 0.416 e. The molecule has 0 unspecified atom stereocenters. The van der Waals surface area contributed by atoms with Crippen molar-refractivity contribution < 1.29 is 22.3 Å². The fourth-order valence-electron chi connectivity index (χ4n) is 3.50. The Morgan fingerprint density at radius 2 is 1.71 bits per heavy atom. The van der Waals surface area contributed by atoms with Crippen LogP contribution in [0.1, 0.15) is 23.6 Å². The van der Waals surface area contributed by atoms with Gasteiger partial charge in [-0.25, -0.2) is 4.79 Å². The molecule has 0 fully saturated rings. The van der Waals surface area contributed by atoms with Gasteiger partial charge in [0.25, 0.3) is 0 Å². The summed E-state index contributed by atoms with van der Waals surface area (Å²) < 4.78 is 50.1. The second-order valence-corrected chi connectivity index (χ2v) is 7.14. The van der Waals surface area contributed by atoms with Crippen LogP contribution in [0.25, 0.3) is 22.1 Å². The van der Waals surface area contributed by atoms with E-state index in [1.165, 1.54) is 12.1 Å². The number of aryl methyl sites for hydroxylation is 1. The third-order valence-corrected chi connectivity index (χ3v) is 5.04. The Morgan fingerprint density at radius 3 is 2.42 bits per heavy atom. The zero-order valence-electron chi connectivity index (χ0n) is 16.7. The van der Waals surface area contributed by atoms with Gasteiger partial charge in [-0.3, -0.25) is 0 Å². The highest BCUT2D eigenvalue weighted by molar-refractivity contribution is 5.94. The second kappa shape index (κ2) is 8.30. The van der Waals surface area contributed by atoms with Crippen LogP contribution in [0.3, 0.4) is 0 Å². The molecule has 0 amide bonds. The molecule has 1 aromatic heterocycles. The molecule has 0 atom stereocenters. The van der Waals surface area contributed by atoms with Crippen LogP contribution >= 0.6 is 0 Å². The van der Waals surface area contributed by atoms with E-state index in [9.17, 15) is 18.0 Å². The molecule has 6 heteroatoms. The van der Waals surface area contributed by atoms with Crippen LogP contribution in [0.5, 0.6) is 5.75 Å². The van der Waals surface area contributed by atoms with Crippen LogP contribution in [-0.4, -0.2) is 0 Å². The average Bonchev–Trinajstić information content (AvgIpc) is 2.76. The van der Waals surface area contributed by atoms with Gasteiger partial charge in [0, 0.05) is 17.5 Å². The molecule has 0 saturated heterocycles. The lowest BCUT2D eigenvalue weighted by molar-refractivity contribution is -0.137. The van der Waals surface area contributed by atoms with E-state index in [1.54, 1.807) is 12.1 Å². The van der Waals surface area contributed by atoms with Crippen molar-refractivity contribution in [1.29, 1.82) is 0 Å². The van der Waals surface area contributed by atoms with E-state index < -0.39 is 17.4 Å². The monoisotopic (exact) mass is 424 g/mol. The molecule has 0 spiro atoms. The maximum Gasteiger partial charge on any atom is 0.416 e. The van der Waals surface area contributed by atoms with Crippen molar-refractivity contribution in [2.24, 2.45) is 0 Å². The molecule has 1 heterocycles. The molecule has 31 heavy (non-hydrogen) atoms. The summed E-state index contributed by atoms with van der Waals surface area (Å²) in [5.41, 5.74) is 2.07. The minimum atomic E-state index is -4.41. The number of hydrogen-bond donors (Lipinski definition) is 0. The average molecular weight is 424 g/mol. The Kier molecular flexibility index (Phi) is 5.55. The van der Waals surface area contributed by atoms with Crippen molar-refractivity contribution in [1.82, 2.24) is 0 Å². The summed E-state index contributed by atoms with van der Waals surface area (Å²) in [6, 6.07) is 19.5. The number of rotatable bonds is 5. The quantitative estimate of drug-likeness (QED) is 0.338. The van der Waals surface area contributed by atoms with Crippen molar-refractivity contribution in [2.75, 3.05) is 0 Å². The highest BCUT2D eigenvalue weighted by atomic mass is 19.4. The van der Waals surface area contributed by atoms with E-state index >= 15 is 0 Å². The molecule has 3 nitrogen and oxygen atoms in total. The molecular weight excluding hydrogens is 405 g/mol. The van der Waals surface area contributed by atoms with Gasteiger partial charge in [0.05, 0.1) is 5.56 Å². The maximum absolute atomic E-state index is 13.0. The lowest BCUT2D eigenvalue weighted by Gasteiger charge is -2.14. The Bertz CT molecular complexity index is 1270. The van der Waals surface area contributed by atoms with Crippen molar-refractivity contribution in [3.8, 4) is 16.9 Å². The molecule has 158 valence electrons. The van der Waals surface area contributed by atoms with Crippen LogP contribution in [-0.2, 0) is 19.2 Å². The molecule has 0 bridgehead atoms. The molecule has 0 N–H and O–H groups in total. The molecular formula is C25H19F3O3. The van der Waals surface area contributed by atoms with E-state index in [4.69, 9.17) is 9.15 Å². The number of ether oxygens (including phenoxy) is 1. The van der Waals surface area contributed by atoms with E-state index in [2.05, 4.69) is 0 Å². The van der Waals surface area contributed by atoms with E-state index in [0.717, 1.165) is 34.2 Å². The Labute approximate surface area is 176 Å². The van der Waals surface area contributed by atoms with Crippen molar-refractivity contribution in [2.45, 2.75) is 26.1 Å². The molecule has 0 radical (unpaired) electrons. The summed E-state index contributed by atoms with van der Waals surface area (Å²) in [7, 11) is 0. The zero-order valence-corrected chi connectivity index (χ0v) is 16.7. The van der Waals surface area contributed by atoms with Crippen LogP contribution in [0, 0.1) is 0 Å². The third kappa shape index (κ3) is 4.48. The van der Waals surface area contributed by atoms with Crippen LogP contribution < -0.4 is 10.4 Å². The Hall–Kier alpha value is -3.54.